The van der Waals surface area contributed by atoms with Crippen molar-refractivity contribution < 1.29 is 42.9 Å². The molecule has 0 amide bonds. The Bertz CT molecular complexity index is 5480. The van der Waals surface area contributed by atoms with Crippen molar-refractivity contribution in [2.75, 3.05) is 22.5 Å². The third-order valence-electron chi connectivity index (χ3n) is 16.1. The molecule has 0 atom stereocenters. The lowest BCUT2D eigenvalue weighted by atomic mass is 10.1. The number of anilines is 6. The van der Waals surface area contributed by atoms with Gasteiger partial charge in [0.05, 0.1) is 54.9 Å². The molecule has 0 radical (unpaired) electrons. The van der Waals surface area contributed by atoms with Crippen LogP contribution in [0.2, 0.25) is 15.1 Å². The number of pyridine rings is 5. The summed E-state index contributed by atoms with van der Waals surface area (Å²) in [4.78, 5) is 88.7. The summed E-state index contributed by atoms with van der Waals surface area (Å²) < 4.78 is 40.9. The summed E-state index contributed by atoms with van der Waals surface area (Å²) in [5.41, 5.74) is 9.29. The fourth-order valence-corrected chi connectivity index (χ4v) is 11.7. The fourth-order valence-electron chi connectivity index (χ4n) is 11.1. The summed E-state index contributed by atoms with van der Waals surface area (Å²) in [5, 5.41) is 41.8. The number of nitrogens with zero attached hydrogens (tertiary/aromatic N) is 12. The van der Waals surface area contributed by atoms with Gasteiger partial charge in [0, 0.05) is 118 Å². The van der Waals surface area contributed by atoms with Crippen molar-refractivity contribution in [1.82, 2.24) is 54.8 Å². The standard InChI is InChI=1S/2C25H17ClFN5O2.C24H17ClFN5O2/c26-19-12-16(3-5-20(19)27)30-24-23-18(17-4-2-15(25(33)34)11-21(17)31-24)13-29-22(32-23)6-1-14-7-9-28-10-8-14;26-19-11-16(5-7-20(19)27)30-24-23-18(17-6-4-15(25(33)34)10-21(17)31-24)13-29-22(32-23)8-3-14-2-1-9-28-12-14;1-12-6-13(10-27-12)7-21-28-11-17-16-4-2-14(24(32)33)8-20(16)30-23(22(17)31-21)29-15-3-5-19(26)18(25)9-15/h2-5,7-13H,1,6H2,(H,30,31)(H,33,34);1-2,4-7,9-13H,3,8H2,(H,30,31)(H,33,34);2-6,8-9,11H,7,10H2,1H3,(H,29,30)(H,32,33). The molecule has 6 N–H and O–H groups in total. The predicted octanol–water partition coefficient (Wildman–Crippen LogP) is 16.5. The number of aromatic carboxylic acids is 3. The van der Waals surface area contributed by atoms with E-state index < -0.39 is 35.4 Å². The highest BCUT2D eigenvalue weighted by Crippen LogP contribution is 2.36. The number of carbonyl (C=O) groups is 3. The van der Waals surface area contributed by atoms with Crippen LogP contribution in [-0.2, 0) is 32.1 Å². The maximum absolute atomic E-state index is 13.6. The molecular formula is C74H51Cl3F3N15O6. The molecule has 0 fully saturated rings. The lowest BCUT2D eigenvalue weighted by Crippen LogP contribution is -2.04. The number of hydrogen-bond acceptors (Lipinski definition) is 18. The van der Waals surface area contributed by atoms with Crippen molar-refractivity contribution in [1.29, 1.82) is 0 Å². The molecule has 21 nitrogen and oxygen atoms in total. The Morgan fingerprint density at radius 1 is 0.436 bits per heavy atom. The van der Waals surface area contributed by atoms with Gasteiger partial charge in [0.2, 0.25) is 0 Å². The SMILES string of the molecule is CC1=NCC(Cc2ncc3c(n2)c(Nc2ccc(F)c(Cl)c2)nc2cc(C(=O)O)ccc23)=C1.O=C(O)c1ccc2c(c1)nc(Nc1ccc(F)c(Cl)c1)c1nc(CCc3cccnc3)ncc12.O=C(O)c1ccc2c(c1)nc(Nc1ccc(F)c(Cl)c1)c1nc(CCc3ccncc3)ncc12. The number of halogens is 6. The highest BCUT2D eigenvalue weighted by Gasteiger charge is 2.20. The lowest BCUT2D eigenvalue weighted by molar-refractivity contribution is 0.0686. The van der Waals surface area contributed by atoms with E-state index in [1.165, 1.54) is 91.0 Å². The Morgan fingerprint density at radius 2 is 0.842 bits per heavy atom. The van der Waals surface area contributed by atoms with Gasteiger partial charge >= 0.3 is 17.9 Å². The summed E-state index contributed by atoms with van der Waals surface area (Å²) >= 11 is 17.8. The Balaban J connectivity index is 0.000000135. The van der Waals surface area contributed by atoms with E-state index in [9.17, 15) is 42.9 Å². The number of aliphatic imine (C=N–C) groups is 1. The third kappa shape index (κ3) is 15.5. The number of fused-ring (bicyclic) bond motifs is 9. The number of carboxylic acids is 3. The van der Waals surface area contributed by atoms with Crippen molar-refractivity contribution in [2.45, 2.75) is 39.0 Å². The van der Waals surface area contributed by atoms with Crippen molar-refractivity contribution >= 4 is 158 Å². The van der Waals surface area contributed by atoms with Crippen molar-refractivity contribution in [3.05, 3.63) is 266 Å². The zero-order valence-electron chi connectivity index (χ0n) is 52.8. The largest absolute Gasteiger partial charge is 0.478 e. The Hall–Kier alpha value is -12.3. The van der Waals surface area contributed by atoms with E-state index in [1.54, 1.807) is 61.6 Å². The Kier molecular flexibility index (Phi) is 19.6. The van der Waals surface area contributed by atoms with E-state index in [0.717, 1.165) is 51.4 Å². The number of rotatable bonds is 17. The molecule has 0 spiro atoms. The average Bonchev–Trinajstić information content (AvgIpc) is 0.870. The van der Waals surface area contributed by atoms with E-state index in [0.29, 0.717) is 127 Å². The van der Waals surface area contributed by atoms with Crippen LogP contribution in [0.3, 0.4) is 0 Å². The topological polar surface area (TPSA) is 302 Å². The first kappa shape index (κ1) is 67.3. The van der Waals surface area contributed by atoms with Crippen LogP contribution in [0.1, 0.15) is 66.6 Å². The van der Waals surface area contributed by atoms with E-state index in [-0.39, 0.29) is 31.8 Å². The molecule has 14 aromatic rings. The molecule has 1 aliphatic rings. The van der Waals surface area contributed by atoms with Crippen LogP contribution in [0.25, 0.3) is 65.4 Å². The number of carboxylic acid groups (broad SMARTS) is 3. The van der Waals surface area contributed by atoms with Crippen molar-refractivity contribution in [2.24, 2.45) is 4.99 Å². The van der Waals surface area contributed by atoms with Crippen LogP contribution in [0.5, 0.6) is 0 Å². The van der Waals surface area contributed by atoms with Gasteiger partial charge in [-0.3, -0.25) is 15.0 Å². The maximum atomic E-state index is 13.6. The van der Waals surface area contributed by atoms with Crippen LogP contribution in [0.4, 0.5) is 47.7 Å². The van der Waals surface area contributed by atoms with Gasteiger partial charge in [-0.1, -0.05) is 59.1 Å². The molecule has 1 aliphatic heterocycles. The van der Waals surface area contributed by atoms with Crippen LogP contribution in [0, 0.1) is 17.5 Å². The predicted molar refractivity (Wildman–Crippen MR) is 383 cm³/mol. The lowest BCUT2D eigenvalue weighted by Gasteiger charge is -2.13. The van der Waals surface area contributed by atoms with Gasteiger partial charge in [-0.05, 0) is 152 Å². The second-order valence-corrected chi connectivity index (χ2v) is 24.3. The van der Waals surface area contributed by atoms with E-state index >= 15 is 0 Å². The minimum absolute atomic E-state index is 0.0305. The third-order valence-corrected chi connectivity index (χ3v) is 17.0. The molecular weight excluding hydrogens is 1360 g/mol. The second kappa shape index (κ2) is 29.4. The van der Waals surface area contributed by atoms with Crippen molar-refractivity contribution in [3.63, 3.8) is 0 Å². The molecule has 0 aliphatic carbocycles. The minimum atomic E-state index is -1.05. The van der Waals surface area contributed by atoms with E-state index in [2.05, 4.69) is 60.8 Å². The number of nitrogens with one attached hydrogen (secondary N) is 3. The van der Waals surface area contributed by atoms with Gasteiger partial charge in [0.25, 0.3) is 0 Å². The molecule has 0 saturated heterocycles. The highest BCUT2D eigenvalue weighted by molar-refractivity contribution is 6.32. The van der Waals surface area contributed by atoms with Gasteiger partial charge in [-0.2, -0.15) is 0 Å². The van der Waals surface area contributed by atoms with Crippen molar-refractivity contribution in [3.8, 4) is 0 Å². The Labute approximate surface area is 585 Å². The molecule has 15 rings (SSSR count). The molecule has 8 aromatic heterocycles. The minimum Gasteiger partial charge on any atom is -0.478 e. The zero-order valence-corrected chi connectivity index (χ0v) is 55.0. The summed E-state index contributed by atoms with van der Waals surface area (Å²) in [6.07, 6.45) is 17.4. The van der Waals surface area contributed by atoms with Crippen LogP contribution in [-0.4, -0.2) is 100 Å². The van der Waals surface area contributed by atoms with Gasteiger partial charge in [-0.15, -0.1) is 0 Å². The van der Waals surface area contributed by atoms with Gasteiger partial charge < -0.3 is 31.3 Å². The zero-order chi connectivity index (χ0) is 70.4. The molecule has 0 saturated carbocycles. The van der Waals surface area contributed by atoms with Gasteiger partial charge in [0.15, 0.2) is 17.5 Å². The van der Waals surface area contributed by atoms with Crippen LogP contribution in [0.15, 0.2) is 193 Å². The van der Waals surface area contributed by atoms with Crippen LogP contribution < -0.4 is 16.0 Å². The first-order valence-electron chi connectivity index (χ1n) is 31.0. The summed E-state index contributed by atoms with van der Waals surface area (Å²) in [6.45, 7) is 2.58. The average molecular weight is 1410 g/mol. The fraction of sp³-hybridized carbons (Fsp3) is 0.0946. The van der Waals surface area contributed by atoms with E-state index in [4.69, 9.17) is 49.8 Å². The van der Waals surface area contributed by atoms with Crippen LogP contribution >= 0.6 is 34.8 Å². The number of aryl methyl sites for hydroxylation is 4. The molecule has 0 bridgehead atoms. The number of aromatic nitrogens is 11. The first-order valence-corrected chi connectivity index (χ1v) is 32.1. The molecule has 27 heteroatoms. The normalized spacial score (nSPS) is 11.8. The molecule has 9 heterocycles. The molecule has 6 aromatic carbocycles. The summed E-state index contributed by atoms with van der Waals surface area (Å²) in [6, 6.07) is 34.7. The molecule has 101 heavy (non-hydrogen) atoms. The maximum Gasteiger partial charge on any atom is 0.335 e. The summed E-state index contributed by atoms with van der Waals surface area (Å²) in [5.74, 6) is -1.71. The molecule has 0 unspecified atom stereocenters. The Morgan fingerprint density at radius 3 is 1.22 bits per heavy atom. The summed E-state index contributed by atoms with van der Waals surface area (Å²) in [7, 11) is 0. The van der Waals surface area contributed by atoms with E-state index in [1.807, 2.05) is 37.3 Å². The first-order chi connectivity index (χ1) is 48.8. The number of allylic oxidation sites excluding steroid dienone is 1. The van der Waals surface area contributed by atoms with Gasteiger partial charge in [-0.25, -0.2) is 72.4 Å². The van der Waals surface area contributed by atoms with Gasteiger partial charge in [0.1, 0.15) is 51.5 Å². The quantitative estimate of drug-likeness (QED) is 0.0462. The second-order valence-electron chi connectivity index (χ2n) is 23.1. The highest BCUT2D eigenvalue weighted by atomic mass is 35.5. The number of benzene rings is 6. The molecule has 500 valence electrons. The number of hydrogen-bond donors (Lipinski definition) is 6. The monoisotopic (exact) mass is 1410 g/mol. The smallest absolute Gasteiger partial charge is 0.335 e.